The Balaban J connectivity index is 1.91. The van der Waals surface area contributed by atoms with E-state index in [2.05, 4.69) is 0 Å². The maximum absolute atomic E-state index is 13.0. The second kappa shape index (κ2) is 6.59. The van der Waals surface area contributed by atoms with Crippen molar-refractivity contribution in [3.63, 3.8) is 0 Å². The van der Waals surface area contributed by atoms with Crippen LogP contribution < -0.4 is 10.5 Å². The first kappa shape index (κ1) is 15.8. The molecule has 3 rings (SSSR count). The van der Waals surface area contributed by atoms with E-state index in [1.54, 1.807) is 19.2 Å². The van der Waals surface area contributed by atoms with Gasteiger partial charge in [0.05, 0.1) is 23.4 Å². The molecule has 2 atom stereocenters. The average Bonchev–Trinajstić information content (AvgIpc) is 2.55. The molecule has 0 bridgehead atoms. The zero-order valence-corrected chi connectivity index (χ0v) is 14.3. The molecule has 2 fully saturated rings. The lowest BCUT2D eigenvalue weighted by Gasteiger charge is -2.43. The number of carbonyl (C=O) groups excluding carboxylic acids is 1. The van der Waals surface area contributed by atoms with Crippen LogP contribution in [-0.2, 0) is 0 Å². The van der Waals surface area contributed by atoms with Crippen LogP contribution in [0.4, 0.5) is 5.69 Å². The smallest absolute Gasteiger partial charge is 0.257 e. The van der Waals surface area contributed by atoms with Gasteiger partial charge in [0.1, 0.15) is 5.75 Å². The number of nitrogen functional groups attached to an aromatic ring is 1. The van der Waals surface area contributed by atoms with Gasteiger partial charge in [-0.25, -0.2) is 0 Å². The first-order chi connectivity index (χ1) is 10.6. The summed E-state index contributed by atoms with van der Waals surface area (Å²) >= 11 is 8.12. The Kier molecular flexibility index (Phi) is 4.73. The number of halogens is 1. The highest BCUT2D eigenvalue weighted by Crippen LogP contribution is 2.37. The van der Waals surface area contributed by atoms with Gasteiger partial charge in [0.2, 0.25) is 0 Å². The third-order valence-corrected chi connectivity index (χ3v) is 6.27. The molecule has 120 valence electrons. The lowest BCUT2D eigenvalue weighted by atomic mass is 9.92. The highest BCUT2D eigenvalue weighted by molar-refractivity contribution is 8.00. The van der Waals surface area contributed by atoms with Crippen molar-refractivity contribution >= 4 is 35.0 Å². The molecule has 2 aliphatic rings. The predicted octanol–water partition coefficient (Wildman–Crippen LogP) is 3.43. The summed E-state index contributed by atoms with van der Waals surface area (Å²) in [5.74, 6) is 1.51. The molecule has 1 aromatic rings. The largest absolute Gasteiger partial charge is 0.496 e. The molecule has 2 unspecified atom stereocenters. The van der Waals surface area contributed by atoms with Crippen LogP contribution in [0.3, 0.4) is 0 Å². The van der Waals surface area contributed by atoms with Gasteiger partial charge in [-0.05, 0) is 18.9 Å². The molecule has 1 aliphatic carbocycles. The Bertz CT molecular complexity index is 580. The topological polar surface area (TPSA) is 55.6 Å². The van der Waals surface area contributed by atoms with Gasteiger partial charge < -0.3 is 15.4 Å². The summed E-state index contributed by atoms with van der Waals surface area (Å²) in [5, 5.41) is 0.970. The Labute approximate surface area is 140 Å². The zero-order valence-electron chi connectivity index (χ0n) is 12.7. The molecule has 22 heavy (non-hydrogen) atoms. The van der Waals surface area contributed by atoms with E-state index in [1.807, 2.05) is 16.7 Å². The second-order valence-corrected chi connectivity index (χ2v) is 7.59. The average molecular weight is 341 g/mol. The number of fused-ring (bicyclic) bond motifs is 1. The fourth-order valence-corrected chi connectivity index (χ4v) is 5.02. The van der Waals surface area contributed by atoms with E-state index in [0.29, 0.717) is 33.3 Å². The van der Waals surface area contributed by atoms with Crippen molar-refractivity contribution in [2.45, 2.75) is 37.0 Å². The van der Waals surface area contributed by atoms with Crippen LogP contribution in [0, 0.1) is 0 Å². The molecule has 1 aromatic carbocycles. The van der Waals surface area contributed by atoms with Crippen LogP contribution in [0.25, 0.3) is 0 Å². The van der Waals surface area contributed by atoms with Crippen molar-refractivity contribution in [1.82, 2.24) is 4.90 Å². The number of anilines is 1. The van der Waals surface area contributed by atoms with Crippen LogP contribution in [0.5, 0.6) is 5.75 Å². The van der Waals surface area contributed by atoms with E-state index in [-0.39, 0.29) is 5.91 Å². The van der Waals surface area contributed by atoms with Crippen LogP contribution >= 0.6 is 23.4 Å². The molecule has 2 N–H and O–H groups in total. The molecule has 0 spiro atoms. The molecule has 1 saturated heterocycles. The van der Waals surface area contributed by atoms with Gasteiger partial charge in [0, 0.05) is 29.7 Å². The number of carbonyl (C=O) groups is 1. The Morgan fingerprint density at radius 1 is 1.41 bits per heavy atom. The quantitative estimate of drug-likeness (QED) is 0.838. The van der Waals surface area contributed by atoms with Gasteiger partial charge in [0.15, 0.2) is 0 Å². The molecule has 1 saturated carbocycles. The monoisotopic (exact) mass is 340 g/mol. The molecule has 1 aliphatic heterocycles. The summed E-state index contributed by atoms with van der Waals surface area (Å²) in [6, 6.07) is 3.60. The molecular formula is C16H21ClN2O2S. The Morgan fingerprint density at radius 2 is 2.18 bits per heavy atom. The normalized spacial score (nSPS) is 24.7. The third kappa shape index (κ3) is 2.88. The summed E-state index contributed by atoms with van der Waals surface area (Å²) < 4.78 is 5.34. The number of methoxy groups -OCH3 is 1. The van der Waals surface area contributed by atoms with E-state index >= 15 is 0 Å². The number of hydrogen-bond donors (Lipinski definition) is 1. The number of benzene rings is 1. The number of thioether (sulfide) groups is 1. The fourth-order valence-electron chi connectivity index (χ4n) is 3.41. The van der Waals surface area contributed by atoms with Gasteiger partial charge >= 0.3 is 0 Å². The lowest BCUT2D eigenvalue weighted by Crippen LogP contribution is -2.51. The number of nitrogens with two attached hydrogens (primary N) is 1. The lowest BCUT2D eigenvalue weighted by molar-refractivity contribution is 0.0643. The van der Waals surface area contributed by atoms with Crippen LogP contribution in [0.15, 0.2) is 12.1 Å². The number of nitrogens with zero attached hydrogens (tertiary/aromatic N) is 1. The van der Waals surface area contributed by atoms with Crippen molar-refractivity contribution < 1.29 is 9.53 Å². The highest BCUT2D eigenvalue weighted by atomic mass is 35.5. The maximum Gasteiger partial charge on any atom is 0.257 e. The van der Waals surface area contributed by atoms with Crippen LogP contribution in [0.2, 0.25) is 5.02 Å². The number of rotatable bonds is 2. The summed E-state index contributed by atoms with van der Waals surface area (Å²) in [7, 11) is 1.55. The Morgan fingerprint density at radius 3 is 2.95 bits per heavy atom. The molecule has 1 amide bonds. The van der Waals surface area contributed by atoms with Crippen molar-refractivity contribution in [3.8, 4) is 5.75 Å². The van der Waals surface area contributed by atoms with Gasteiger partial charge in [0.25, 0.3) is 5.91 Å². The minimum atomic E-state index is 0.0101. The van der Waals surface area contributed by atoms with Crippen molar-refractivity contribution in [3.05, 3.63) is 22.7 Å². The van der Waals surface area contributed by atoms with Gasteiger partial charge in [-0.2, -0.15) is 11.8 Å². The van der Waals surface area contributed by atoms with E-state index < -0.39 is 0 Å². The predicted molar refractivity (Wildman–Crippen MR) is 92.0 cm³/mol. The zero-order chi connectivity index (χ0) is 15.7. The van der Waals surface area contributed by atoms with Crippen LogP contribution in [-0.4, -0.2) is 41.5 Å². The SMILES string of the molecule is COc1cc(N)c(Cl)cc1C(=O)N1CCSC2CCCCC21. The van der Waals surface area contributed by atoms with Crippen molar-refractivity contribution in [2.75, 3.05) is 25.1 Å². The van der Waals surface area contributed by atoms with Gasteiger partial charge in [-0.1, -0.05) is 24.4 Å². The van der Waals surface area contributed by atoms with Crippen molar-refractivity contribution in [1.29, 1.82) is 0 Å². The highest BCUT2D eigenvalue weighted by Gasteiger charge is 2.37. The third-order valence-electron chi connectivity index (χ3n) is 4.54. The minimum Gasteiger partial charge on any atom is -0.496 e. The molecule has 0 radical (unpaired) electrons. The minimum absolute atomic E-state index is 0.0101. The Hall–Kier alpha value is -1.07. The van der Waals surface area contributed by atoms with Crippen molar-refractivity contribution in [2.24, 2.45) is 0 Å². The molecule has 0 aromatic heterocycles. The van der Waals surface area contributed by atoms with E-state index in [1.165, 1.54) is 19.3 Å². The molecular weight excluding hydrogens is 320 g/mol. The summed E-state index contributed by atoms with van der Waals surface area (Å²) in [6.45, 7) is 0.788. The summed E-state index contributed by atoms with van der Waals surface area (Å²) in [6.07, 6.45) is 4.77. The van der Waals surface area contributed by atoms with Gasteiger partial charge in [-0.15, -0.1) is 0 Å². The standard InChI is InChI=1S/C16H21ClN2O2S/c1-21-14-9-12(18)11(17)8-10(14)16(20)19-6-7-22-15-5-3-2-4-13(15)19/h8-9,13,15H,2-7,18H2,1H3. The molecule has 6 heteroatoms. The number of amides is 1. The molecule has 1 heterocycles. The van der Waals surface area contributed by atoms with Crippen LogP contribution in [0.1, 0.15) is 36.0 Å². The van der Waals surface area contributed by atoms with E-state index in [9.17, 15) is 4.79 Å². The first-order valence-electron chi connectivity index (χ1n) is 7.67. The van der Waals surface area contributed by atoms with E-state index in [0.717, 1.165) is 18.7 Å². The fraction of sp³-hybridized carbons (Fsp3) is 0.562. The summed E-state index contributed by atoms with van der Waals surface area (Å²) in [5.41, 5.74) is 6.75. The van der Waals surface area contributed by atoms with E-state index in [4.69, 9.17) is 22.1 Å². The number of hydrogen-bond acceptors (Lipinski definition) is 4. The number of ether oxygens (including phenoxy) is 1. The van der Waals surface area contributed by atoms with Gasteiger partial charge in [-0.3, -0.25) is 4.79 Å². The first-order valence-corrected chi connectivity index (χ1v) is 9.10. The molecule has 4 nitrogen and oxygen atoms in total. The maximum atomic E-state index is 13.0. The second-order valence-electron chi connectivity index (χ2n) is 5.83. The summed E-state index contributed by atoms with van der Waals surface area (Å²) in [4.78, 5) is 15.1.